The number of anilines is 1. The molecule has 0 radical (unpaired) electrons. The second kappa shape index (κ2) is 7.75. The van der Waals surface area contributed by atoms with Crippen molar-refractivity contribution in [2.24, 2.45) is 5.92 Å². The van der Waals surface area contributed by atoms with E-state index in [1.165, 1.54) is 38.3 Å². The lowest BCUT2D eigenvalue weighted by atomic mass is 10.1. The SMILES string of the molecule is CC(=Cc1cnc(N[C@@H]2CCN(CC3CCCC3)C2)cn1)C(=O)O. The fraction of sp³-hybridized carbons (Fsp3) is 0.611. The Bertz CT molecular complexity index is 594. The number of carboxylic acids is 1. The maximum absolute atomic E-state index is 10.8. The second-order valence-electron chi connectivity index (χ2n) is 7.00. The number of hydrogen-bond acceptors (Lipinski definition) is 5. The summed E-state index contributed by atoms with van der Waals surface area (Å²) in [6, 6.07) is 0.419. The molecule has 1 aromatic heterocycles. The number of nitrogens with zero attached hydrogens (tertiary/aromatic N) is 3. The van der Waals surface area contributed by atoms with Crippen LogP contribution in [-0.4, -0.2) is 51.6 Å². The quantitative estimate of drug-likeness (QED) is 0.781. The molecule has 2 N–H and O–H groups in total. The van der Waals surface area contributed by atoms with Crippen LogP contribution in [0.1, 0.15) is 44.7 Å². The summed E-state index contributed by atoms with van der Waals surface area (Å²) in [5, 5.41) is 12.3. The van der Waals surface area contributed by atoms with Crippen LogP contribution in [-0.2, 0) is 4.79 Å². The third-order valence-electron chi connectivity index (χ3n) is 4.99. The molecule has 24 heavy (non-hydrogen) atoms. The highest BCUT2D eigenvalue weighted by molar-refractivity contribution is 5.91. The zero-order valence-corrected chi connectivity index (χ0v) is 14.2. The van der Waals surface area contributed by atoms with Crippen LogP contribution in [0.15, 0.2) is 18.0 Å². The molecular weight excluding hydrogens is 304 g/mol. The molecule has 3 rings (SSSR count). The van der Waals surface area contributed by atoms with Crippen molar-refractivity contribution in [3.63, 3.8) is 0 Å². The molecule has 2 fully saturated rings. The zero-order chi connectivity index (χ0) is 16.9. The van der Waals surface area contributed by atoms with Gasteiger partial charge in [0.25, 0.3) is 0 Å². The zero-order valence-electron chi connectivity index (χ0n) is 14.2. The molecule has 1 atom stereocenters. The van der Waals surface area contributed by atoms with Gasteiger partial charge in [-0.25, -0.2) is 9.78 Å². The molecule has 2 aliphatic rings. The van der Waals surface area contributed by atoms with Gasteiger partial charge in [-0.15, -0.1) is 0 Å². The normalized spacial score (nSPS) is 22.9. The van der Waals surface area contributed by atoms with Crippen LogP contribution < -0.4 is 5.32 Å². The number of rotatable bonds is 6. The molecule has 0 bridgehead atoms. The molecule has 0 amide bonds. The van der Waals surface area contributed by atoms with Gasteiger partial charge in [0.1, 0.15) is 5.82 Å². The Morgan fingerprint density at radius 3 is 2.79 bits per heavy atom. The summed E-state index contributed by atoms with van der Waals surface area (Å²) in [6.07, 6.45) is 11.5. The molecule has 1 aliphatic heterocycles. The van der Waals surface area contributed by atoms with Gasteiger partial charge in [0.05, 0.1) is 18.1 Å². The molecule has 0 aromatic carbocycles. The van der Waals surface area contributed by atoms with Crippen LogP contribution in [0.3, 0.4) is 0 Å². The van der Waals surface area contributed by atoms with Crippen molar-refractivity contribution in [2.45, 2.75) is 45.1 Å². The molecule has 1 saturated carbocycles. The van der Waals surface area contributed by atoms with E-state index >= 15 is 0 Å². The Morgan fingerprint density at radius 1 is 1.33 bits per heavy atom. The van der Waals surface area contributed by atoms with Crippen LogP contribution >= 0.6 is 0 Å². The summed E-state index contributed by atoms with van der Waals surface area (Å²) >= 11 is 0. The van der Waals surface area contributed by atoms with Crippen LogP contribution in [0.2, 0.25) is 0 Å². The molecule has 130 valence electrons. The van der Waals surface area contributed by atoms with E-state index in [0.717, 1.165) is 31.2 Å². The number of nitrogens with one attached hydrogen (secondary N) is 1. The summed E-state index contributed by atoms with van der Waals surface area (Å²) < 4.78 is 0. The van der Waals surface area contributed by atoms with Crippen LogP contribution in [0, 0.1) is 5.92 Å². The maximum Gasteiger partial charge on any atom is 0.331 e. The fourth-order valence-corrected chi connectivity index (χ4v) is 3.65. The predicted molar refractivity (Wildman–Crippen MR) is 93.7 cm³/mol. The van der Waals surface area contributed by atoms with E-state index in [4.69, 9.17) is 5.11 Å². The molecule has 0 unspecified atom stereocenters. The third-order valence-corrected chi connectivity index (χ3v) is 4.99. The minimum Gasteiger partial charge on any atom is -0.478 e. The topological polar surface area (TPSA) is 78.4 Å². The number of hydrogen-bond donors (Lipinski definition) is 2. The molecule has 0 spiro atoms. The van der Waals surface area contributed by atoms with Crippen LogP contribution in [0.25, 0.3) is 6.08 Å². The fourth-order valence-electron chi connectivity index (χ4n) is 3.65. The third kappa shape index (κ3) is 4.54. The standard InChI is InChI=1S/C18H26N4O2/c1-13(18(23)24)8-16-9-20-17(10-19-16)21-15-6-7-22(12-15)11-14-4-2-3-5-14/h8-10,14-15H,2-7,11-12H2,1H3,(H,20,21)(H,23,24)/t15-/m1/s1. The number of aromatic nitrogens is 2. The average Bonchev–Trinajstić information content (AvgIpc) is 3.22. The van der Waals surface area contributed by atoms with Gasteiger partial charge in [-0.1, -0.05) is 12.8 Å². The minimum atomic E-state index is -0.938. The van der Waals surface area contributed by atoms with E-state index in [-0.39, 0.29) is 5.57 Å². The van der Waals surface area contributed by atoms with Gasteiger partial charge in [-0.2, -0.15) is 0 Å². The number of carboxylic acid groups (broad SMARTS) is 1. The average molecular weight is 330 g/mol. The van der Waals surface area contributed by atoms with Gasteiger partial charge < -0.3 is 15.3 Å². The summed E-state index contributed by atoms with van der Waals surface area (Å²) in [5.41, 5.74) is 0.818. The highest BCUT2D eigenvalue weighted by Crippen LogP contribution is 2.27. The highest BCUT2D eigenvalue weighted by Gasteiger charge is 2.26. The Morgan fingerprint density at radius 2 is 2.12 bits per heavy atom. The van der Waals surface area contributed by atoms with Gasteiger partial charge >= 0.3 is 5.97 Å². The van der Waals surface area contributed by atoms with Gasteiger partial charge in [-0.3, -0.25) is 4.98 Å². The van der Waals surface area contributed by atoms with Crippen LogP contribution in [0.4, 0.5) is 5.82 Å². The predicted octanol–water partition coefficient (Wildman–Crippen LogP) is 2.64. The van der Waals surface area contributed by atoms with Crippen molar-refractivity contribution in [3.05, 3.63) is 23.7 Å². The van der Waals surface area contributed by atoms with Crippen molar-refractivity contribution in [3.8, 4) is 0 Å². The first-order valence-electron chi connectivity index (χ1n) is 8.82. The molecule has 6 heteroatoms. The lowest BCUT2D eigenvalue weighted by Gasteiger charge is -2.20. The summed E-state index contributed by atoms with van der Waals surface area (Å²) in [6.45, 7) is 5.01. The van der Waals surface area contributed by atoms with Crippen molar-refractivity contribution in [1.82, 2.24) is 14.9 Å². The Balaban J connectivity index is 1.49. The molecule has 1 saturated heterocycles. The van der Waals surface area contributed by atoms with E-state index in [0.29, 0.717) is 11.7 Å². The minimum absolute atomic E-state index is 0.253. The molecule has 2 heterocycles. The molecular formula is C18H26N4O2. The molecule has 1 aliphatic carbocycles. The van der Waals surface area contributed by atoms with Gasteiger partial charge in [0.2, 0.25) is 0 Å². The largest absolute Gasteiger partial charge is 0.478 e. The van der Waals surface area contributed by atoms with Crippen molar-refractivity contribution < 1.29 is 9.90 Å². The Kier molecular flexibility index (Phi) is 5.45. The van der Waals surface area contributed by atoms with Crippen LogP contribution in [0.5, 0.6) is 0 Å². The molecule has 6 nitrogen and oxygen atoms in total. The lowest BCUT2D eigenvalue weighted by molar-refractivity contribution is -0.132. The van der Waals surface area contributed by atoms with E-state index in [9.17, 15) is 4.79 Å². The van der Waals surface area contributed by atoms with Crippen molar-refractivity contribution >= 4 is 17.9 Å². The first-order valence-corrected chi connectivity index (χ1v) is 8.82. The highest BCUT2D eigenvalue weighted by atomic mass is 16.4. The molecule has 1 aromatic rings. The number of likely N-dealkylation sites (tertiary alicyclic amines) is 1. The van der Waals surface area contributed by atoms with E-state index < -0.39 is 5.97 Å². The monoisotopic (exact) mass is 330 g/mol. The Labute approximate surface area is 143 Å². The second-order valence-corrected chi connectivity index (χ2v) is 7.00. The Hall–Kier alpha value is -1.95. The van der Waals surface area contributed by atoms with E-state index in [1.54, 1.807) is 19.3 Å². The van der Waals surface area contributed by atoms with Crippen molar-refractivity contribution in [2.75, 3.05) is 25.0 Å². The van der Waals surface area contributed by atoms with E-state index in [2.05, 4.69) is 20.2 Å². The van der Waals surface area contributed by atoms with Gasteiger partial charge in [-0.05, 0) is 38.2 Å². The first kappa shape index (κ1) is 16.9. The van der Waals surface area contributed by atoms with Crippen molar-refractivity contribution in [1.29, 1.82) is 0 Å². The van der Waals surface area contributed by atoms with E-state index in [1.807, 2.05) is 0 Å². The summed E-state index contributed by atoms with van der Waals surface area (Å²) in [5.74, 6) is 0.715. The van der Waals surface area contributed by atoms with Gasteiger partial charge in [0.15, 0.2) is 0 Å². The number of carbonyl (C=O) groups is 1. The number of aliphatic carboxylic acids is 1. The van der Waals surface area contributed by atoms with Gasteiger partial charge in [0, 0.05) is 31.2 Å². The summed E-state index contributed by atoms with van der Waals surface area (Å²) in [4.78, 5) is 22.0. The first-order chi connectivity index (χ1) is 11.6. The maximum atomic E-state index is 10.8. The summed E-state index contributed by atoms with van der Waals surface area (Å²) in [7, 11) is 0. The smallest absolute Gasteiger partial charge is 0.331 e. The lowest BCUT2D eigenvalue weighted by Crippen LogP contribution is -2.30.